The van der Waals surface area contributed by atoms with Crippen LogP contribution in [-0.2, 0) is 16.0 Å². The Bertz CT molecular complexity index is 636. The van der Waals surface area contributed by atoms with Crippen LogP contribution in [0, 0.1) is 12.3 Å². The minimum atomic E-state index is -0.0594. The van der Waals surface area contributed by atoms with Crippen LogP contribution in [0.25, 0.3) is 0 Å². The third-order valence-corrected chi connectivity index (χ3v) is 4.72. The first-order valence-corrected chi connectivity index (χ1v) is 7.90. The molecule has 1 aromatic carbocycles. The molecule has 1 aromatic rings. The summed E-state index contributed by atoms with van der Waals surface area (Å²) in [5.74, 6) is 0.137. The molecule has 1 aliphatic carbocycles. The summed E-state index contributed by atoms with van der Waals surface area (Å²) >= 11 is 0. The minimum absolute atomic E-state index is 0.0446. The molecular weight excluding hydrogens is 276 g/mol. The highest BCUT2D eigenvalue weighted by atomic mass is 16.2. The number of rotatable bonds is 4. The first-order valence-electron chi connectivity index (χ1n) is 7.90. The minimum Gasteiger partial charge on any atom is -0.355 e. The van der Waals surface area contributed by atoms with Crippen LogP contribution in [-0.4, -0.2) is 18.4 Å². The van der Waals surface area contributed by atoms with E-state index >= 15 is 0 Å². The van der Waals surface area contributed by atoms with Crippen molar-refractivity contribution in [1.29, 1.82) is 0 Å². The Hall–Kier alpha value is -2.10. The predicted molar refractivity (Wildman–Crippen MR) is 85.0 cm³/mol. The molecule has 1 saturated heterocycles. The van der Waals surface area contributed by atoms with Crippen LogP contribution in [0.5, 0.6) is 0 Å². The molecule has 4 nitrogen and oxygen atoms in total. The van der Waals surface area contributed by atoms with Gasteiger partial charge in [-0.1, -0.05) is 35.9 Å². The second-order valence-corrected chi connectivity index (χ2v) is 6.43. The zero-order valence-electron chi connectivity index (χ0n) is 12.9. The van der Waals surface area contributed by atoms with Crippen LogP contribution in [0.15, 0.2) is 36.0 Å². The maximum Gasteiger partial charge on any atom is 0.224 e. The largest absolute Gasteiger partial charge is 0.355 e. The fourth-order valence-electron chi connectivity index (χ4n) is 3.46. The second kappa shape index (κ2) is 5.95. The summed E-state index contributed by atoms with van der Waals surface area (Å²) < 4.78 is 0. The number of aryl methyl sites for hydroxylation is 1. The highest BCUT2D eigenvalue weighted by Gasteiger charge is 2.41. The SMILES string of the molecule is Cc1cccc(CC(=O)NCC23CCC=C2NC(=O)CC3)c1. The maximum absolute atomic E-state index is 12.2. The van der Waals surface area contributed by atoms with Gasteiger partial charge in [-0.25, -0.2) is 0 Å². The smallest absolute Gasteiger partial charge is 0.224 e. The summed E-state index contributed by atoms with van der Waals surface area (Å²) in [5.41, 5.74) is 3.16. The molecule has 1 aliphatic heterocycles. The molecule has 0 radical (unpaired) electrons. The molecule has 4 heteroatoms. The highest BCUT2D eigenvalue weighted by Crippen LogP contribution is 2.43. The van der Waals surface area contributed by atoms with Crippen LogP contribution in [0.2, 0.25) is 0 Å². The van der Waals surface area contributed by atoms with Crippen LogP contribution in [0.1, 0.15) is 36.8 Å². The number of carbonyl (C=O) groups excluding carboxylic acids is 2. The van der Waals surface area contributed by atoms with E-state index in [4.69, 9.17) is 0 Å². The number of carbonyl (C=O) groups is 2. The summed E-state index contributed by atoms with van der Waals surface area (Å²) in [5, 5.41) is 6.04. The van der Waals surface area contributed by atoms with Crippen LogP contribution in [0.4, 0.5) is 0 Å². The Labute approximate surface area is 131 Å². The lowest BCUT2D eigenvalue weighted by atomic mass is 9.77. The van der Waals surface area contributed by atoms with Crippen molar-refractivity contribution in [3.63, 3.8) is 0 Å². The van der Waals surface area contributed by atoms with E-state index in [1.165, 1.54) is 5.56 Å². The number of hydrogen-bond acceptors (Lipinski definition) is 2. The summed E-state index contributed by atoms with van der Waals surface area (Å²) in [6.45, 7) is 2.64. The Morgan fingerprint density at radius 1 is 1.36 bits per heavy atom. The molecule has 3 rings (SSSR count). The lowest BCUT2D eigenvalue weighted by Crippen LogP contribution is -2.46. The van der Waals surface area contributed by atoms with Crippen LogP contribution in [0.3, 0.4) is 0 Å². The average molecular weight is 298 g/mol. The van der Waals surface area contributed by atoms with Gasteiger partial charge in [0.25, 0.3) is 0 Å². The Morgan fingerprint density at radius 2 is 2.23 bits per heavy atom. The normalized spacial score (nSPS) is 23.5. The third-order valence-electron chi connectivity index (χ3n) is 4.72. The number of benzene rings is 1. The predicted octanol–water partition coefficient (Wildman–Crippen LogP) is 2.23. The van der Waals surface area contributed by atoms with Gasteiger partial charge in [0.1, 0.15) is 0 Å². The molecule has 0 spiro atoms. The number of nitrogens with one attached hydrogen (secondary N) is 2. The van der Waals surface area contributed by atoms with Gasteiger partial charge in [-0.15, -0.1) is 0 Å². The molecular formula is C18H22N2O2. The molecule has 2 aliphatic rings. The molecule has 22 heavy (non-hydrogen) atoms. The number of allylic oxidation sites excluding steroid dienone is 1. The molecule has 116 valence electrons. The van der Waals surface area contributed by atoms with Gasteiger partial charge in [0, 0.05) is 24.1 Å². The molecule has 0 saturated carbocycles. The van der Waals surface area contributed by atoms with Gasteiger partial charge in [0.15, 0.2) is 0 Å². The van der Waals surface area contributed by atoms with Crippen molar-refractivity contribution in [3.8, 4) is 0 Å². The van der Waals surface area contributed by atoms with Crippen molar-refractivity contribution in [2.24, 2.45) is 5.41 Å². The van der Waals surface area contributed by atoms with Gasteiger partial charge >= 0.3 is 0 Å². The van der Waals surface area contributed by atoms with Crippen molar-refractivity contribution in [2.75, 3.05) is 6.54 Å². The van der Waals surface area contributed by atoms with E-state index in [0.29, 0.717) is 19.4 Å². The van der Waals surface area contributed by atoms with Gasteiger partial charge in [0.2, 0.25) is 11.8 Å². The third kappa shape index (κ3) is 3.06. The van der Waals surface area contributed by atoms with Gasteiger partial charge < -0.3 is 10.6 Å². The molecule has 1 atom stereocenters. The summed E-state index contributed by atoms with van der Waals surface area (Å²) in [7, 11) is 0. The summed E-state index contributed by atoms with van der Waals surface area (Å²) in [6, 6.07) is 8.03. The van der Waals surface area contributed by atoms with Crippen molar-refractivity contribution in [3.05, 3.63) is 47.2 Å². The second-order valence-electron chi connectivity index (χ2n) is 6.43. The molecule has 0 bridgehead atoms. The fourth-order valence-corrected chi connectivity index (χ4v) is 3.46. The molecule has 1 unspecified atom stereocenters. The topological polar surface area (TPSA) is 58.2 Å². The van der Waals surface area contributed by atoms with Gasteiger partial charge in [-0.3, -0.25) is 9.59 Å². The first kappa shape index (κ1) is 14.8. The van der Waals surface area contributed by atoms with Crippen molar-refractivity contribution < 1.29 is 9.59 Å². The Morgan fingerprint density at radius 3 is 3.05 bits per heavy atom. The first-order chi connectivity index (χ1) is 10.6. The standard InChI is InChI=1S/C18H22N2O2/c1-13-4-2-5-14(10-13)11-17(22)19-12-18-8-3-6-15(18)20-16(21)7-9-18/h2,4-6,10H,3,7-9,11-12H2,1H3,(H,19,22)(H,20,21). The van der Waals surface area contributed by atoms with E-state index in [9.17, 15) is 9.59 Å². The van der Waals surface area contributed by atoms with E-state index in [1.807, 2.05) is 31.2 Å². The number of amides is 2. The van der Waals surface area contributed by atoms with Crippen molar-refractivity contribution in [2.45, 2.75) is 39.0 Å². The van der Waals surface area contributed by atoms with Crippen molar-refractivity contribution >= 4 is 11.8 Å². The van der Waals surface area contributed by atoms with Gasteiger partial charge in [-0.2, -0.15) is 0 Å². The fraction of sp³-hybridized carbons (Fsp3) is 0.444. The maximum atomic E-state index is 12.2. The van der Waals surface area contributed by atoms with Crippen LogP contribution < -0.4 is 10.6 Å². The lowest BCUT2D eigenvalue weighted by Gasteiger charge is -2.36. The average Bonchev–Trinajstić information content (AvgIpc) is 2.89. The zero-order chi connectivity index (χ0) is 15.6. The Kier molecular flexibility index (Phi) is 4.01. The highest BCUT2D eigenvalue weighted by molar-refractivity contribution is 5.80. The summed E-state index contributed by atoms with van der Waals surface area (Å²) in [6.07, 6.45) is 5.87. The Balaban J connectivity index is 1.59. The molecule has 1 fully saturated rings. The monoisotopic (exact) mass is 298 g/mol. The molecule has 1 heterocycles. The van der Waals surface area contributed by atoms with E-state index in [2.05, 4.69) is 16.7 Å². The molecule has 2 N–H and O–H groups in total. The molecule has 2 amide bonds. The van der Waals surface area contributed by atoms with Gasteiger partial charge in [0.05, 0.1) is 6.42 Å². The summed E-state index contributed by atoms with van der Waals surface area (Å²) in [4.78, 5) is 23.7. The van der Waals surface area contributed by atoms with E-state index < -0.39 is 0 Å². The lowest BCUT2D eigenvalue weighted by molar-refractivity contribution is -0.122. The van der Waals surface area contributed by atoms with E-state index in [1.54, 1.807) is 0 Å². The number of piperidine rings is 1. The van der Waals surface area contributed by atoms with E-state index in [-0.39, 0.29) is 17.2 Å². The van der Waals surface area contributed by atoms with E-state index in [0.717, 1.165) is 30.5 Å². The van der Waals surface area contributed by atoms with Gasteiger partial charge in [-0.05, 0) is 31.7 Å². The number of hydrogen-bond donors (Lipinski definition) is 2. The van der Waals surface area contributed by atoms with Crippen LogP contribution >= 0.6 is 0 Å². The number of fused-ring (bicyclic) bond motifs is 1. The van der Waals surface area contributed by atoms with Crippen molar-refractivity contribution in [1.82, 2.24) is 10.6 Å². The quantitative estimate of drug-likeness (QED) is 0.895. The molecule has 0 aromatic heterocycles. The zero-order valence-corrected chi connectivity index (χ0v) is 12.9.